The molecule has 164 valence electrons. The monoisotopic (exact) mass is 399 g/mol. The highest BCUT2D eigenvalue weighted by molar-refractivity contribution is 5.75. The molecule has 2 N–H and O–H groups in total. The standard InChI is InChI=1S/C22H41NO5/c1-5-27-20(25)12-10-8-7-9-11-18(21(26)28-6-2)23-14-13-19(24)17-15-22(3,4)16-17/h17-19,23-24H,5-16H2,1-4H3. The highest BCUT2D eigenvalue weighted by atomic mass is 16.5. The van der Waals surface area contributed by atoms with Crippen LogP contribution >= 0.6 is 0 Å². The van der Waals surface area contributed by atoms with E-state index in [9.17, 15) is 14.7 Å². The van der Waals surface area contributed by atoms with E-state index in [4.69, 9.17) is 9.47 Å². The van der Waals surface area contributed by atoms with Crippen molar-refractivity contribution >= 4 is 11.9 Å². The minimum Gasteiger partial charge on any atom is -0.466 e. The van der Waals surface area contributed by atoms with Gasteiger partial charge < -0.3 is 19.9 Å². The molecule has 28 heavy (non-hydrogen) atoms. The van der Waals surface area contributed by atoms with Crippen LogP contribution in [0.1, 0.15) is 85.5 Å². The first-order valence-electron chi connectivity index (χ1n) is 11.0. The topological polar surface area (TPSA) is 84.9 Å². The fourth-order valence-corrected chi connectivity index (χ4v) is 4.02. The maximum absolute atomic E-state index is 12.2. The van der Waals surface area contributed by atoms with E-state index < -0.39 is 0 Å². The summed E-state index contributed by atoms with van der Waals surface area (Å²) in [4.78, 5) is 23.5. The van der Waals surface area contributed by atoms with Gasteiger partial charge in [-0.2, -0.15) is 0 Å². The smallest absolute Gasteiger partial charge is 0.323 e. The molecular weight excluding hydrogens is 358 g/mol. The Hall–Kier alpha value is -1.14. The number of rotatable bonds is 15. The van der Waals surface area contributed by atoms with Crippen molar-refractivity contribution in [3.05, 3.63) is 0 Å². The number of hydrogen-bond acceptors (Lipinski definition) is 6. The first-order chi connectivity index (χ1) is 13.3. The average Bonchev–Trinajstić information content (AvgIpc) is 2.61. The lowest BCUT2D eigenvalue weighted by molar-refractivity contribution is -0.146. The summed E-state index contributed by atoms with van der Waals surface area (Å²) < 4.78 is 10.1. The van der Waals surface area contributed by atoms with Gasteiger partial charge in [-0.15, -0.1) is 0 Å². The van der Waals surface area contributed by atoms with E-state index in [1.54, 1.807) is 0 Å². The largest absolute Gasteiger partial charge is 0.466 e. The number of hydrogen-bond donors (Lipinski definition) is 2. The highest BCUT2D eigenvalue weighted by Gasteiger charge is 2.39. The van der Waals surface area contributed by atoms with Crippen LogP contribution in [0.2, 0.25) is 0 Å². The Labute approximate surface area is 170 Å². The zero-order valence-electron chi connectivity index (χ0n) is 18.3. The SMILES string of the molecule is CCOC(=O)CCCCCCC(NCCC(O)C1CC(C)(C)C1)C(=O)OCC. The van der Waals surface area contributed by atoms with E-state index >= 15 is 0 Å². The maximum atomic E-state index is 12.2. The van der Waals surface area contributed by atoms with Crippen LogP contribution < -0.4 is 5.32 Å². The summed E-state index contributed by atoms with van der Waals surface area (Å²) in [7, 11) is 0. The molecular formula is C22H41NO5. The quantitative estimate of drug-likeness (QED) is 0.323. The number of unbranched alkanes of at least 4 members (excludes halogenated alkanes) is 3. The molecule has 0 aromatic heterocycles. The van der Waals surface area contributed by atoms with Gasteiger partial charge in [0.05, 0.1) is 19.3 Å². The normalized spacial score (nSPS) is 18.2. The molecule has 6 nitrogen and oxygen atoms in total. The zero-order valence-corrected chi connectivity index (χ0v) is 18.3. The molecule has 0 radical (unpaired) electrons. The van der Waals surface area contributed by atoms with Crippen molar-refractivity contribution in [2.24, 2.45) is 11.3 Å². The minimum absolute atomic E-state index is 0.137. The molecule has 0 aliphatic heterocycles. The Morgan fingerprint density at radius 3 is 2.29 bits per heavy atom. The number of esters is 2. The lowest BCUT2D eigenvalue weighted by atomic mass is 9.62. The predicted octanol–water partition coefficient (Wildman–Crippen LogP) is 3.60. The molecule has 6 heteroatoms. The van der Waals surface area contributed by atoms with Crippen LogP contribution in [0.15, 0.2) is 0 Å². The molecule has 1 fully saturated rings. The Bertz CT molecular complexity index is 458. The predicted molar refractivity (Wildman–Crippen MR) is 110 cm³/mol. The lowest BCUT2D eigenvalue weighted by Gasteiger charge is -2.45. The molecule has 1 rings (SSSR count). The van der Waals surface area contributed by atoms with Gasteiger partial charge in [-0.05, 0) is 63.8 Å². The van der Waals surface area contributed by atoms with Gasteiger partial charge in [0.1, 0.15) is 6.04 Å². The van der Waals surface area contributed by atoms with Crippen molar-refractivity contribution in [1.29, 1.82) is 0 Å². The first kappa shape index (κ1) is 24.9. The number of aliphatic hydroxyl groups is 1. The highest BCUT2D eigenvalue weighted by Crippen LogP contribution is 2.46. The van der Waals surface area contributed by atoms with Gasteiger partial charge in [0.25, 0.3) is 0 Å². The summed E-state index contributed by atoms with van der Waals surface area (Å²) in [6.07, 6.45) is 7.32. The zero-order chi connectivity index (χ0) is 21.0. The molecule has 0 bridgehead atoms. The van der Waals surface area contributed by atoms with Crippen LogP contribution in [0.5, 0.6) is 0 Å². The van der Waals surface area contributed by atoms with E-state index in [0.717, 1.165) is 38.5 Å². The molecule has 0 amide bonds. The molecule has 0 spiro atoms. The molecule has 0 aromatic rings. The summed E-state index contributed by atoms with van der Waals surface area (Å²) in [5.41, 5.74) is 0.361. The van der Waals surface area contributed by atoms with Gasteiger partial charge >= 0.3 is 11.9 Å². The summed E-state index contributed by atoms with van der Waals surface area (Å²) >= 11 is 0. The second-order valence-electron chi connectivity index (χ2n) is 8.71. The van der Waals surface area contributed by atoms with Crippen molar-refractivity contribution in [3.8, 4) is 0 Å². The fraction of sp³-hybridized carbons (Fsp3) is 0.909. The van der Waals surface area contributed by atoms with E-state index in [2.05, 4.69) is 19.2 Å². The van der Waals surface area contributed by atoms with Gasteiger partial charge in [-0.3, -0.25) is 9.59 Å². The summed E-state index contributed by atoms with van der Waals surface area (Å²) in [6.45, 7) is 9.51. The number of ether oxygens (including phenoxy) is 2. The van der Waals surface area contributed by atoms with Gasteiger partial charge in [0.2, 0.25) is 0 Å². The third kappa shape index (κ3) is 9.87. The molecule has 0 aromatic carbocycles. The van der Waals surface area contributed by atoms with Gasteiger partial charge in [0, 0.05) is 6.42 Å². The van der Waals surface area contributed by atoms with Gasteiger partial charge in [-0.1, -0.05) is 33.1 Å². The number of carbonyl (C=O) groups is 2. The fourth-order valence-electron chi connectivity index (χ4n) is 4.02. The van der Waals surface area contributed by atoms with E-state index in [-0.39, 0.29) is 24.1 Å². The Balaban J connectivity index is 2.23. The van der Waals surface area contributed by atoms with Crippen molar-refractivity contribution in [2.75, 3.05) is 19.8 Å². The Morgan fingerprint density at radius 1 is 1.04 bits per heavy atom. The van der Waals surface area contributed by atoms with E-state index in [1.807, 2.05) is 13.8 Å². The van der Waals surface area contributed by atoms with Crippen LogP contribution in [0.25, 0.3) is 0 Å². The van der Waals surface area contributed by atoms with Crippen molar-refractivity contribution in [2.45, 2.75) is 97.6 Å². The van der Waals surface area contributed by atoms with Crippen LogP contribution in [0.3, 0.4) is 0 Å². The number of aliphatic hydroxyl groups excluding tert-OH is 1. The lowest BCUT2D eigenvalue weighted by Crippen LogP contribution is -2.43. The van der Waals surface area contributed by atoms with Crippen LogP contribution in [0, 0.1) is 11.3 Å². The molecule has 1 aliphatic rings. The third-order valence-corrected chi connectivity index (χ3v) is 5.50. The van der Waals surface area contributed by atoms with Crippen molar-refractivity contribution < 1.29 is 24.2 Å². The minimum atomic E-state index is -0.324. The number of carbonyl (C=O) groups excluding carboxylic acids is 2. The first-order valence-corrected chi connectivity index (χ1v) is 11.0. The second-order valence-corrected chi connectivity index (χ2v) is 8.71. The van der Waals surface area contributed by atoms with Crippen LogP contribution in [-0.2, 0) is 19.1 Å². The van der Waals surface area contributed by atoms with Gasteiger partial charge in [0.15, 0.2) is 0 Å². The average molecular weight is 400 g/mol. The summed E-state index contributed by atoms with van der Waals surface area (Å²) in [5, 5.41) is 13.6. The molecule has 0 heterocycles. The molecule has 0 saturated heterocycles. The Kier molecular flexibility index (Phi) is 11.7. The third-order valence-electron chi connectivity index (χ3n) is 5.50. The maximum Gasteiger partial charge on any atom is 0.323 e. The van der Waals surface area contributed by atoms with Crippen molar-refractivity contribution in [3.63, 3.8) is 0 Å². The van der Waals surface area contributed by atoms with Crippen molar-refractivity contribution in [1.82, 2.24) is 5.32 Å². The number of nitrogens with one attached hydrogen (secondary N) is 1. The van der Waals surface area contributed by atoms with Crippen LogP contribution in [0.4, 0.5) is 0 Å². The molecule has 2 unspecified atom stereocenters. The summed E-state index contributed by atoms with van der Waals surface area (Å²) in [6, 6.07) is -0.324. The van der Waals surface area contributed by atoms with Gasteiger partial charge in [-0.25, -0.2) is 0 Å². The van der Waals surface area contributed by atoms with E-state index in [1.165, 1.54) is 0 Å². The van der Waals surface area contributed by atoms with E-state index in [0.29, 0.717) is 50.4 Å². The molecule has 1 aliphatic carbocycles. The second kappa shape index (κ2) is 13.2. The molecule has 2 atom stereocenters. The Morgan fingerprint density at radius 2 is 1.68 bits per heavy atom. The summed E-state index contributed by atoms with van der Waals surface area (Å²) in [5.74, 6) is 0.0347. The van der Waals surface area contributed by atoms with Crippen LogP contribution in [-0.4, -0.2) is 48.9 Å². The molecule has 1 saturated carbocycles.